The summed E-state index contributed by atoms with van der Waals surface area (Å²) >= 11 is 0. The molecule has 2 atom stereocenters. The molecule has 9 heteroatoms. The molecular formula is C25H28FN5O3. The highest BCUT2D eigenvalue weighted by molar-refractivity contribution is 5.92. The van der Waals surface area contributed by atoms with Crippen LogP contribution in [0.2, 0.25) is 0 Å². The number of phenols is 1. The van der Waals surface area contributed by atoms with Crippen LogP contribution < -0.4 is 19.7 Å². The van der Waals surface area contributed by atoms with E-state index in [1.165, 1.54) is 25.3 Å². The van der Waals surface area contributed by atoms with Gasteiger partial charge in [0.05, 0.1) is 12.7 Å². The summed E-state index contributed by atoms with van der Waals surface area (Å²) < 4.78 is 25.5. The Balaban J connectivity index is 1.65. The van der Waals surface area contributed by atoms with E-state index in [2.05, 4.69) is 44.9 Å². The highest BCUT2D eigenvalue weighted by Crippen LogP contribution is 2.30. The van der Waals surface area contributed by atoms with Gasteiger partial charge in [-0.2, -0.15) is 9.97 Å². The molecule has 34 heavy (non-hydrogen) atoms. The van der Waals surface area contributed by atoms with Crippen LogP contribution in [0.15, 0.2) is 24.3 Å². The number of nitrogens with one attached hydrogen (secondary N) is 1. The summed E-state index contributed by atoms with van der Waals surface area (Å²) in [6.45, 7) is 5.75. The number of fused-ring (bicyclic) bond motifs is 1. The summed E-state index contributed by atoms with van der Waals surface area (Å²) in [5.74, 6) is 2.38. The number of aromatic hydroxyl groups is 1. The van der Waals surface area contributed by atoms with Crippen molar-refractivity contribution in [3.63, 3.8) is 0 Å². The summed E-state index contributed by atoms with van der Waals surface area (Å²) in [6, 6.07) is 6.72. The highest BCUT2D eigenvalue weighted by Gasteiger charge is 2.27. The van der Waals surface area contributed by atoms with Crippen LogP contribution in [0.25, 0.3) is 10.8 Å². The largest absolute Gasteiger partial charge is 0.508 e. The standard InChI is InChI=1S/C25H28FN5O3/c1-5-17-12-31(13-18(6-2)27-17)23-28-24(33-4)30-25(29-23)34-14-16-11-19(32)10-15-8-9-21(26)20(7-3)22(15)16/h3,8-11,17-18,27,32H,5-6,12-14H2,1-2,4H3. The molecule has 4 rings (SSSR count). The number of methoxy groups -OCH3 is 1. The predicted octanol–water partition coefficient (Wildman–Crippen LogP) is 3.41. The summed E-state index contributed by atoms with van der Waals surface area (Å²) in [7, 11) is 1.48. The Labute approximate surface area is 198 Å². The van der Waals surface area contributed by atoms with Crippen LogP contribution in [0.3, 0.4) is 0 Å². The number of benzene rings is 2. The van der Waals surface area contributed by atoms with Crippen molar-refractivity contribution >= 4 is 16.7 Å². The molecule has 2 aromatic carbocycles. The molecule has 1 aromatic heterocycles. The summed E-state index contributed by atoms with van der Waals surface area (Å²) in [5.41, 5.74) is 0.629. The first-order valence-electron chi connectivity index (χ1n) is 11.3. The second-order valence-corrected chi connectivity index (χ2v) is 8.25. The topological polar surface area (TPSA) is 92.6 Å². The van der Waals surface area contributed by atoms with Crippen LogP contribution >= 0.6 is 0 Å². The van der Waals surface area contributed by atoms with E-state index in [0.717, 1.165) is 25.9 Å². The number of anilines is 1. The molecular weight excluding hydrogens is 437 g/mol. The number of rotatable bonds is 7. The third-order valence-corrected chi connectivity index (χ3v) is 6.02. The first kappa shape index (κ1) is 23.5. The lowest BCUT2D eigenvalue weighted by atomic mass is 9.99. The van der Waals surface area contributed by atoms with Crippen LogP contribution in [0.4, 0.5) is 10.3 Å². The molecule has 1 fully saturated rings. The minimum atomic E-state index is -0.513. The summed E-state index contributed by atoms with van der Waals surface area (Å²) in [5, 5.41) is 14.9. The molecule has 1 saturated heterocycles. The Morgan fingerprint density at radius 3 is 2.50 bits per heavy atom. The van der Waals surface area contributed by atoms with Gasteiger partial charge < -0.3 is 24.8 Å². The van der Waals surface area contributed by atoms with E-state index in [1.807, 2.05) is 0 Å². The molecule has 1 aliphatic heterocycles. The highest BCUT2D eigenvalue weighted by atomic mass is 19.1. The molecule has 8 nitrogen and oxygen atoms in total. The predicted molar refractivity (Wildman–Crippen MR) is 128 cm³/mol. The third kappa shape index (κ3) is 4.82. The number of nitrogens with zero attached hydrogens (tertiary/aromatic N) is 4. The number of phenolic OH excluding ortho intramolecular Hbond substituents is 1. The maximum Gasteiger partial charge on any atom is 0.324 e. The van der Waals surface area contributed by atoms with E-state index in [4.69, 9.17) is 15.9 Å². The Morgan fingerprint density at radius 2 is 1.85 bits per heavy atom. The Hall–Kier alpha value is -3.64. The monoisotopic (exact) mass is 465 g/mol. The zero-order valence-corrected chi connectivity index (χ0v) is 19.5. The second-order valence-electron chi connectivity index (χ2n) is 8.25. The van der Waals surface area contributed by atoms with E-state index >= 15 is 0 Å². The molecule has 0 aliphatic carbocycles. The lowest BCUT2D eigenvalue weighted by Crippen LogP contribution is -2.56. The average Bonchev–Trinajstić information content (AvgIpc) is 2.86. The van der Waals surface area contributed by atoms with Crippen LogP contribution in [0, 0.1) is 18.2 Å². The van der Waals surface area contributed by atoms with Gasteiger partial charge >= 0.3 is 12.0 Å². The quantitative estimate of drug-likeness (QED) is 0.513. The zero-order chi connectivity index (χ0) is 24.2. The van der Waals surface area contributed by atoms with Gasteiger partial charge in [-0.15, -0.1) is 11.4 Å². The van der Waals surface area contributed by atoms with Crippen molar-refractivity contribution in [3.8, 4) is 30.1 Å². The van der Waals surface area contributed by atoms with E-state index in [9.17, 15) is 9.50 Å². The van der Waals surface area contributed by atoms with Crippen LogP contribution in [-0.4, -0.2) is 52.3 Å². The van der Waals surface area contributed by atoms with E-state index in [0.29, 0.717) is 34.4 Å². The number of ether oxygens (including phenoxy) is 2. The molecule has 3 aromatic rings. The normalized spacial score (nSPS) is 18.0. The van der Waals surface area contributed by atoms with Crippen molar-refractivity contribution in [2.45, 2.75) is 45.4 Å². The number of halogens is 1. The minimum absolute atomic E-state index is 0.0200. The maximum absolute atomic E-state index is 14.3. The SMILES string of the molecule is C#Cc1c(F)ccc2cc(O)cc(COc3nc(OC)nc(N4CC(CC)NC(CC)C4)n3)c12. The molecule has 178 valence electrons. The van der Waals surface area contributed by atoms with Gasteiger partial charge in [0.15, 0.2) is 0 Å². The average molecular weight is 466 g/mol. The number of hydrogen-bond acceptors (Lipinski definition) is 8. The molecule has 0 radical (unpaired) electrons. The molecule has 1 aliphatic rings. The molecule has 0 bridgehead atoms. The van der Waals surface area contributed by atoms with Crippen molar-refractivity contribution in [1.82, 2.24) is 20.3 Å². The van der Waals surface area contributed by atoms with Gasteiger partial charge in [-0.1, -0.05) is 25.8 Å². The first-order valence-corrected chi connectivity index (χ1v) is 11.3. The van der Waals surface area contributed by atoms with Gasteiger partial charge in [0.2, 0.25) is 5.95 Å². The number of aromatic nitrogens is 3. The number of piperazine rings is 1. The van der Waals surface area contributed by atoms with Crippen molar-refractivity contribution in [2.75, 3.05) is 25.1 Å². The molecule has 2 unspecified atom stereocenters. The number of terminal acetylenes is 1. The molecule has 2 heterocycles. The Morgan fingerprint density at radius 1 is 1.15 bits per heavy atom. The van der Waals surface area contributed by atoms with Gasteiger partial charge in [-0.3, -0.25) is 0 Å². The molecule has 2 N–H and O–H groups in total. The van der Waals surface area contributed by atoms with E-state index in [1.54, 1.807) is 6.07 Å². The Bertz CT molecular complexity index is 1220. The van der Waals surface area contributed by atoms with Crippen LogP contribution in [0.5, 0.6) is 17.8 Å². The molecule has 0 saturated carbocycles. The maximum atomic E-state index is 14.3. The fourth-order valence-corrected chi connectivity index (χ4v) is 4.24. The minimum Gasteiger partial charge on any atom is -0.508 e. The van der Waals surface area contributed by atoms with E-state index < -0.39 is 5.82 Å². The van der Waals surface area contributed by atoms with Crippen molar-refractivity contribution in [3.05, 3.63) is 41.2 Å². The Kier molecular flexibility index (Phi) is 6.98. The lowest BCUT2D eigenvalue weighted by Gasteiger charge is -2.38. The van der Waals surface area contributed by atoms with Crippen molar-refractivity contribution in [2.24, 2.45) is 0 Å². The summed E-state index contributed by atoms with van der Waals surface area (Å²) in [6.07, 6.45) is 7.53. The van der Waals surface area contributed by atoms with Crippen molar-refractivity contribution in [1.29, 1.82) is 0 Å². The van der Waals surface area contributed by atoms with Gasteiger partial charge in [0.25, 0.3) is 0 Å². The fourth-order valence-electron chi connectivity index (χ4n) is 4.24. The first-order chi connectivity index (χ1) is 16.4. The van der Waals surface area contributed by atoms with E-state index in [-0.39, 0.29) is 29.9 Å². The second kappa shape index (κ2) is 10.1. The van der Waals surface area contributed by atoms with Gasteiger partial charge in [-0.25, -0.2) is 4.39 Å². The third-order valence-electron chi connectivity index (χ3n) is 6.02. The summed E-state index contributed by atoms with van der Waals surface area (Å²) in [4.78, 5) is 15.3. The van der Waals surface area contributed by atoms with Gasteiger partial charge in [0.1, 0.15) is 18.2 Å². The van der Waals surface area contributed by atoms with Gasteiger partial charge in [-0.05, 0) is 36.4 Å². The van der Waals surface area contributed by atoms with Crippen LogP contribution in [0.1, 0.15) is 37.8 Å². The molecule has 0 amide bonds. The van der Waals surface area contributed by atoms with Gasteiger partial charge in [0, 0.05) is 36.1 Å². The smallest absolute Gasteiger partial charge is 0.324 e. The fraction of sp³-hybridized carbons (Fsp3) is 0.400. The lowest BCUT2D eigenvalue weighted by molar-refractivity contribution is 0.269. The number of hydrogen-bond donors (Lipinski definition) is 2. The van der Waals surface area contributed by atoms with Crippen LogP contribution in [-0.2, 0) is 6.61 Å². The molecule has 0 spiro atoms. The van der Waals surface area contributed by atoms with Crippen molar-refractivity contribution < 1.29 is 19.0 Å². The zero-order valence-electron chi connectivity index (χ0n) is 19.5.